The first kappa shape index (κ1) is 16.5. The lowest BCUT2D eigenvalue weighted by atomic mass is 10.0. The zero-order valence-corrected chi connectivity index (χ0v) is 15.0. The summed E-state index contributed by atoms with van der Waals surface area (Å²) in [5, 5.41) is 13.4. The number of hydrogen-bond acceptors (Lipinski definition) is 5. The molecule has 6 heteroatoms. The van der Waals surface area contributed by atoms with Gasteiger partial charge in [-0.05, 0) is 47.5 Å². The zero-order chi connectivity index (χ0) is 19.1. The van der Waals surface area contributed by atoms with Crippen LogP contribution in [0.15, 0.2) is 66.7 Å². The first-order valence-electron chi connectivity index (χ1n) is 9.03. The maximum Gasteiger partial charge on any atom is 0.258 e. The number of nitrogens with one attached hydrogen (secondary N) is 1. The number of carbonyl (C=O) groups is 1. The number of para-hydroxylation sites is 1. The number of rotatable bonds is 3. The number of fused-ring (bicyclic) bond motifs is 2. The molecule has 0 aliphatic carbocycles. The van der Waals surface area contributed by atoms with Gasteiger partial charge in [0.05, 0.1) is 5.56 Å². The molecule has 0 saturated carbocycles. The Morgan fingerprint density at radius 3 is 2.75 bits per heavy atom. The molecule has 0 fully saturated rings. The number of hydrogen-bond donors (Lipinski definition) is 2. The van der Waals surface area contributed by atoms with Crippen LogP contribution in [-0.4, -0.2) is 22.7 Å². The fraction of sp³-hybridized carbons (Fsp3) is 0.136. The molecule has 0 spiro atoms. The maximum atomic E-state index is 13.3. The summed E-state index contributed by atoms with van der Waals surface area (Å²) in [6.07, 6.45) is -0.403. The van der Waals surface area contributed by atoms with E-state index in [0.717, 1.165) is 16.8 Å². The van der Waals surface area contributed by atoms with E-state index in [1.54, 1.807) is 23.1 Å². The van der Waals surface area contributed by atoms with Crippen molar-refractivity contribution in [3.05, 3.63) is 83.4 Å². The number of carbonyl (C=O) groups excluding carboxylic acids is 1. The fourth-order valence-corrected chi connectivity index (χ4v) is 3.65. The Labute approximate surface area is 161 Å². The Kier molecular flexibility index (Phi) is 3.83. The van der Waals surface area contributed by atoms with Gasteiger partial charge in [0, 0.05) is 12.2 Å². The number of aromatic hydroxyl groups is 1. The van der Waals surface area contributed by atoms with Crippen LogP contribution in [0.5, 0.6) is 17.2 Å². The number of ether oxygens (including phenoxy) is 2. The van der Waals surface area contributed by atoms with Crippen LogP contribution in [0.25, 0.3) is 0 Å². The molecule has 2 heterocycles. The third-order valence-corrected chi connectivity index (χ3v) is 5.00. The smallest absolute Gasteiger partial charge is 0.258 e. The van der Waals surface area contributed by atoms with E-state index < -0.39 is 6.17 Å². The minimum absolute atomic E-state index is 0.0691. The predicted octanol–water partition coefficient (Wildman–Crippen LogP) is 3.89. The van der Waals surface area contributed by atoms with Crippen molar-refractivity contribution in [1.82, 2.24) is 4.90 Å². The standard InChI is InChI=1S/C22H18N2O4/c25-16-5-3-4-15(11-16)21-23-18-7-2-1-6-17(18)22(26)24(21)12-14-8-9-19-20(10-14)28-13-27-19/h1-11,21,23,25H,12-13H2. The molecule has 0 bridgehead atoms. The van der Waals surface area contributed by atoms with E-state index in [0.29, 0.717) is 23.6 Å². The van der Waals surface area contributed by atoms with Gasteiger partial charge >= 0.3 is 0 Å². The molecule has 2 N–H and O–H groups in total. The molecule has 6 nitrogen and oxygen atoms in total. The second kappa shape index (κ2) is 6.49. The van der Waals surface area contributed by atoms with Crippen LogP contribution in [0.1, 0.15) is 27.7 Å². The van der Waals surface area contributed by atoms with Gasteiger partial charge in [-0.25, -0.2) is 0 Å². The minimum atomic E-state index is -0.403. The molecular weight excluding hydrogens is 356 g/mol. The Hall–Kier alpha value is -3.67. The van der Waals surface area contributed by atoms with E-state index in [1.807, 2.05) is 48.5 Å². The Morgan fingerprint density at radius 1 is 1.00 bits per heavy atom. The molecule has 3 aromatic carbocycles. The summed E-state index contributed by atoms with van der Waals surface area (Å²) in [6.45, 7) is 0.597. The molecule has 1 amide bonds. The molecule has 140 valence electrons. The maximum absolute atomic E-state index is 13.3. The molecule has 1 unspecified atom stereocenters. The van der Waals surface area contributed by atoms with Crippen molar-refractivity contribution < 1.29 is 19.4 Å². The third kappa shape index (κ3) is 2.79. The van der Waals surface area contributed by atoms with Crippen LogP contribution in [0.4, 0.5) is 5.69 Å². The van der Waals surface area contributed by atoms with Crippen LogP contribution < -0.4 is 14.8 Å². The quantitative estimate of drug-likeness (QED) is 0.728. The van der Waals surface area contributed by atoms with Gasteiger partial charge in [0.1, 0.15) is 11.9 Å². The summed E-state index contributed by atoms with van der Waals surface area (Å²) in [5.74, 6) is 1.49. The van der Waals surface area contributed by atoms with Gasteiger partial charge in [0.25, 0.3) is 5.91 Å². The molecule has 5 rings (SSSR count). The largest absolute Gasteiger partial charge is 0.508 e. The zero-order valence-electron chi connectivity index (χ0n) is 15.0. The summed E-state index contributed by atoms with van der Waals surface area (Å²) in [4.78, 5) is 15.0. The Bertz CT molecular complexity index is 1070. The average molecular weight is 374 g/mol. The summed E-state index contributed by atoms with van der Waals surface area (Å²) in [7, 11) is 0. The number of phenolic OH excluding ortho intramolecular Hbond substituents is 1. The summed E-state index contributed by atoms with van der Waals surface area (Å²) >= 11 is 0. The molecule has 28 heavy (non-hydrogen) atoms. The number of benzene rings is 3. The van der Waals surface area contributed by atoms with Crippen LogP contribution in [0.3, 0.4) is 0 Å². The highest BCUT2D eigenvalue weighted by Gasteiger charge is 2.33. The highest BCUT2D eigenvalue weighted by molar-refractivity contribution is 6.01. The number of nitrogens with zero attached hydrogens (tertiary/aromatic N) is 1. The lowest BCUT2D eigenvalue weighted by Gasteiger charge is -2.38. The fourth-order valence-electron chi connectivity index (χ4n) is 3.65. The van der Waals surface area contributed by atoms with Gasteiger partial charge in [-0.1, -0.05) is 30.3 Å². The van der Waals surface area contributed by atoms with Crippen molar-refractivity contribution >= 4 is 11.6 Å². The van der Waals surface area contributed by atoms with Crippen molar-refractivity contribution in [3.63, 3.8) is 0 Å². The second-order valence-corrected chi connectivity index (χ2v) is 6.81. The predicted molar refractivity (Wildman–Crippen MR) is 103 cm³/mol. The first-order valence-corrected chi connectivity index (χ1v) is 9.03. The topological polar surface area (TPSA) is 71.0 Å². The van der Waals surface area contributed by atoms with E-state index >= 15 is 0 Å². The number of anilines is 1. The summed E-state index contributed by atoms with van der Waals surface area (Å²) in [5.41, 5.74) is 3.15. The average Bonchev–Trinajstić information content (AvgIpc) is 3.18. The van der Waals surface area contributed by atoms with Gasteiger partial charge in [-0.3, -0.25) is 4.79 Å². The van der Waals surface area contributed by atoms with Crippen LogP contribution in [0.2, 0.25) is 0 Å². The number of phenols is 1. The number of amides is 1. The van der Waals surface area contributed by atoms with Gasteiger partial charge in [0.2, 0.25) is 6.79 Å². The molecular formula is C22H18N2O4. The van der Waals surface area contributed by atoms with Crippen LogP contribution in [0, 0.1) is 0 Å². The van der Waals surface area contributed by atoms with Crippen molar-refractivity contribution in [2.45, 2.75) is 12.7 Å². The SMILES string of the molecule is O=C1c2ccccc2NC(c2cccc(O)c2)N1Cc1ccc2c(c1)OCO2. The van der Waals surface area contributed by atoms with Gasteiger partial charge in [-0.2, -0.15) is 0 Å². The van der Waals surface area contributed by atoms with Crippen LogP contribution >= 0.6 is 0 Å². The highest BCUT2D eigenvalue weighted by atomic mass is 16.7. The van der Waals surface area contributed by atoms with E-state index in [2.05, 4.69) is 5.32 Å². The van der Waals surface area contributed by atoms with Crippen molar-refractivity contribution in [3.8, 4) is 17.2 Å². The molecule has 2 aliphatic rings. The van der Waals surface area contributed by atoms with E-state index in [-0.39, 0.29) is 18.4 Å². The van der Waals surface area contributed by atoms with E-state index in [1.165, 1.54) is 0 Å². The highest BCUT2D eigenvalue weighted by Crippen LogP contribution is 2.37. The van der Waals surface area contributed by atoms with Crippen molar-refractivity contribution in [2.75, 3.05) is 12.1 Å². The first-order chi connectivity index (χ1) is 13.7. The minimum Gasteiger partial charge on any atom is -0.508 e. The van der Waals surface area contributed by atoms with Crippen molar-refractivity contribution in [2.24, 2.45) is 0 Å². The second-order valence-electron chi connectivity index (χ2n) is 6.81. The monoisotopic (exact) mass is 374 g/mol. The molecule has 0 aromatic heterocycles. The summed E-state index contributed by atoms with van der Waals surface area (Å²) in [6, 6.07) is 20.1. The van der Waals surface area contributed by atoms with Crippen molar-refractivity contribution in [1.29, 1.82) is 0 Å². The third-order valence-electron chi connectivity index (χ3n) is 5.00. The van der Waals surface area contributed by atoms with E-state index in [9.17, 15) is 9.90 Å². The van der Waals surface area contributed by atoms with Gasteiger partial charge in [0.15, 0.2) is 11.5 Å². The normalized spacial score (nSPS) is 17.2. The Morgan fingerprint density at radius 2 is 1.86 bits per heavy atom. The van der Waals surface area contributed by atoms with E-state index in [4.69, 9.17) is 9.47 Å². The summed E-state index contributed by atoms with van der Waals surface area (Å²) < 4.78 is 10.8. The lowest BCUT2D eigenvalue weighted by molar-refractivity contribution is 0.0666. The van der Waals surface area contributed by atoms with Gasteiger partial charge < -0.3 is 24.8 Å². The van der Waals surface area contributed by atoms with Gasteiger partial charge in [-0.15, -0.1) is 0 Å². The molecule has 0 radical (unpaired) electrons. The lowest BCUT2D eigenvalue weighted by Crippen LogP contribution is -2.42. The van der Waals surface area contributed by atoms with Crippen LogP contribution in [-0.2, 0) is 6.54 Å². The molecule has 1 atom stereocenters. The molecule has 0 saturated heterocycles. The molecule has 2 aliphatic heterocycles. The Balaban J connectivity index is 1.54. The molecule has 3 aromatic rings.